The number of rotatable bonds is 6. The number of benzene rings is 2. The van der Waals surface area contributed by atoms with E-state index in [1.54, 1.807) is 10.8 Å². The number of nitrogens with one attached hydrogen (secondary N) is 1. The second-order valence-electron chi connectivity index (χ2n) is 7.96. The summed E-state index contributed by atoms with van der Waals surface area (Å²) in [6, 6.07) is 7.72. The largest absolute Gasteiger partial charge is 0.489 e. The van der Waals surface area contributed by atoms with E-state index >= 15 is 0 Å². The lowest BCUT2D eigenvalue weighted by Gasteiger charge is -2.33. The minimum Gasteiger partial charge on any atom is -0.489 e. The lowest BCUT2D eigenvalue weighted by Crippen LogP contribution is -2.36. The molecule has 1 aliphatic heterocycles. The van der Waals surface area contributed by atoms with Crippen LogP contribution in [-0.2, 0) is 10.0 Å². The highest BCUT2D eigenvalue weighted by molar-refractivity contribution is 7.90. The molecule has 0 atom stereocenters. The predicted octanol–water partition coefficient (Wildman–Crippen LogP) is 3.97. The van der Waals surface area contributed by atoms with Gasteiger partial charge in [0.15, 0.2) is 10.7 Å². The number of halogens is 2. The first-order valence-electron chi connectivity index (χ1n) is 10.3. The summed E-state index contributed by atoms with van der Waals surface area (Å²) in [4.78, 5) is 13.8. The zero-order valence-corrected chi connectivity index (χ0v) is 17.8. The molecule has 5 rings (SSSR count). The third kappa shape index (κ3) is 3.68. The Morgan fingerprint density at radius 1 is 1.09 bits per heavy atom. The third-order valence-corrected chi connectivity index (χ3v) is 7.18. The van der Waals surface area contributed by atoms with Crippen LogP contribution in [0.1, 0.15) is 36.2 Å². The fourth-order valence-electron chi connectivity index (χ4n) is 3.69. The van der Waals surface area contributed by atoms with E-state index < -0.39 is 38.2 Å². The van der Waals surface area contributed by atoms with E-state index in [-0.39, 0.29) is 22.8 Å². The molecular formula is C22H20F2N2O5S. The third-order valence-electron chi connectivity index (χ3n) is 5.79. The van der Waals surface area contributed by atoms with Crippen LogP contribution in [0.5, 0.6) is 5.75 Å². The van der Waals surface area contributed by atoms with Gasteiger partial charge in [-0.3, -0.25) is 4.79 Å². The number of sulfonamides is 1. The molecule has 168 valence electrons. The minimum absolute atomic E-state index is 0.0525. The van der Waals surface area contributed by atoms with Crippen molar-refractivity contribution in [3.8, 4) is 5.75 Å². The quantitative estimate of drug-likeness (QED) is 0.596. The molecule has 1 N–H and O–H groups in total. The molecule has 1 aliphatic carbocycles. The molecule has 7 nitrogen and oxygen atoms in total. The molecule has 1 saturated heterocycles. The lowest BCUT2D eigenvalue weighted by atomic mass is 9.96. The number of ether oxygens (including phenoxy) is 1. The molecule has 0 spiro atoms. The summed E-state index contributed by atoms with van der Waals surface area (Å²) in [7, 11) is -4.62. The van der Waals surface area contributed by atoms with E-state index in [1.165, 1.54) is 18.2 Å². The van der Waals surface area contributed by atoms with Crippen LogP contribution in [0.3, 0.4) is 0 Å². The van der Waals surface area contributed by atoms with Gasteiger partial charge >= 0.3 is 5.91 Å². The maximum absolute atomic E-state index is 14.5. The van der Waals surface area contributed by atoms with E-state index in [9.17, 15) is 22.0 Å². The van der Waals surface area contributed by atoms with E-state index in [2.05, 4.69) is 0 Å². The first-order chi connectivity index (χ1) is 15.3. The Morgan fingerprint density at radius 3 is 2.53 bits per heavy atom. The zero-order chi connectivity index (χ0) is 22.5. The standard InChI is InChI=1S/C22H20F2N2O5S/c23-16-6-2-7-18(30-14-4-1-5-14)21(16)32(28,29)25-22(27)20-12-15-17(24)10-13(11-19(15)31-20)26-8-3-9-26/h2,6-7,10-12,14H,1,3-5,8-9H2,(H,25,27). The van der Waals surface area contributed by atoms with Crippen LogP contribution < -0.4 is 14.4 Å². The number of carbonyl (C=O) groups excluding carboxylic acids is 1. The van der Waals surface area contributed by atoms with Crippen LogP contribution in [0.15, 0.2) is 45.7 Å². The molecule has 0 unspecified atom stereocenters. The van der Waals surface area contributed by atoms with E-state index in [0.717, 1.165) is 50.9 Å². The van der Waals surface area contributed by atoms with Gasteiger partial charge in [-0.2, -0.15) is 0 Å². The topological polar surface area (TPSA) is 88.8 Å². The van der Waals surface area contributed by atoms with Crippen molar-refractivity contribution in [3.63, 3.8) is 0 Å². The van der Waals surface area contributed by atoms with Gasteiger partial charge in [-0.05, 0) is 43.9 Å². The fourth-order valence-corrected chi connectivity index (χ4v) is 4.84. The highest BCUT2D eigenvalue weighted by Gasteiger charge is 2.30. The number of anilines is 1. The van der Waals surface area contributed by atoms with Crippen molar-refractivity contribution in [1.82, 2.24) is 4.72 Å². The maximum Gasteiger partial charge on any atom is 0.300 e. The number of hydrogen-bond acceptors (Lipinski definition) is 6. The summed E-state index contributed by atoms with van der Waals surface area (Å²) in [5, 5.41) is 0.0525. The smallest absolute Gasteiger partial charge is 0.300 e. The van der Waals surface area contributed by atoms with Gasteiger partial charge in [0.05, 0.1) is 11.5 Å². The fraction of sp³-hybridized carbons (Fsp3) is 0.318. The van der Waals surface area contributed by atoms with Gasteiger partial charge in [-0.1, -0.05) is 6.07 Å². The Balaban J connectivity index is 1.43. The van der Waals surface area contributed by atoms with Crippen LogP contribution in [0.2, 0.25) is 0 Å². The van der Waals surface area contributed by atoms with Crippen molar-refractivity contribution >= 4 is 32.6 Å². The number of amides is 1. The Hall–Kier alpha value is -3.14. The van der Waals surface area contributed by atoms with Gasteiger partial charge in [0.25, 0.3) is 10.0 Å². The number of hydrogen-bond donors (Lipinski definition) is 1. The summed E-state index contributed by atoms with van der Waals surface area (Å²) in [5.74, 6) is -3.33. The highest BCUT2D eigenvalue weighted by Crippen LogP contribution is 2.33. The van der Waals surface area contributed by atoms with E-state index in [0.29, 0.717) is 5.69 Å². The monoisotopic (exact) mass is 462 g/mol. The number of carbonyl (C=O) groups is 1. The molecule has 2 heterocycles. The summed E-state index contributed by atoms with van der Waals surface area (Å²) in [5.41, 5.74) is 0.744. The van der Waals surface area contributed by atoms with Crippen molar-refractivity contribution in [3.05, 3.63) is 53.8 Å². The average Bonchev–Trinajstić information content (AvgIpc) is 3.08. The zero-order valence-electron chi connectivity index (χ0n) is 16.9. The van der Waals surface area contributed by atoms with Crippen molar-refractivity contribution in [2.24, 2.45) is 0 Å². The number of furan rings is 1. The molecule has 10 heteroatoms. The Bertz CT molecular complexity index is 1310. The average molecular weight is 462 g/mol. The molecule has 0 radical (unpaired) electrons. The predicted molar refractivity (Wildman–Crippen MR) is 112 cm³/mol. The maximum atomic E-state index is 14.5. The summed E-state index contributed by atoms with van der Waals surface area (Å²) in [6.45, 7) is 1.59. The van der Waals surface area contributed by atoms with Gasteiger partial charge in [-0.15, -0.1) is 0 Å². The summed E-state index contributed by atoms with van der Waals surface area (Å²) in [6.07, 6.45) is 3.24. The van der Waals surface area contributed by atoms with Crippen LogP contribution in [0.4, 0.5) is 14.5 Å². The first-order valence-corrected chi connectivity index (χ1v) is 11.8. The highest BCUT2D eigenvalue weighted by atomic mass is 32.2. The molecule has 1 amide bonds. The number of fused-ring (bicyclic) bond motifs is 1. The number of nitrogens with zero attached hydrogens (tertiary/aromatic N) is 1. The van der Waals surface area contributed by atoms with Crippen LogP contribution >= 0.6 is 0 Å². The van der Waals surface area contributed by atoms with Gasteiger partial charge in [0.2, 0.25) is 0 Å². The molecule has 0 bridgehead atoms. The molecule has 1 aromatic heterocycles. The van der Waals surface area contributed by atoms with Gasteiger partial charge in [-0.25, -0.2) is 21.9 Å². The van der Waals surface area contributed by atoms with Crippen molar-refractivity contribution in [2.75, 3.05) is 18.0 Å². The van der Waals surface area contributed by atoms with Crippen LogP contribution in [-0.4, -0.2) is 33.5 Å². The molecular weight excluding hydrogens is 442 g/mol. The van der Waals surface area contributed by atoms with Gasteiger partial charge in [0.1, 0.15) is 23.0 Å². The second kappa shape index (κ2) is 7.77. The Kier molecular flexibility index (Phi) is 5.04. The van der Waals surface area contributed by atoms with Crippen molar-refractivity contribution < 1.29 is 31.1 Å². The SMILES string of the molecule is O=C(NS(=O)(=O)c1c(F)cccc1OC1CCC1)c1cc2c(F)cc(N3CCC3)cc2o1. The first kappa shape index (κ1) is 20.7. The second-order valence-corrected chi connectivity index (χ2v) is 9.58. The summed E-state index contributed by atoms with van der Waals surface area (Å²) < 4.78 is 67.5. The normalized spacial score (nSPS) is 16.5. The van der Waals surface area contributed by atoms with Crippen LogP contribution in [0, 0.1) is 11.6 Å². The molecule has 32 heavy (non-hydrogen) atoms. The van der Waals surface area contributed by atoms with Gasteiger partial charge < -0.3 is 14.1 Å². The molecule has 2 aromatic carbocycles. The van der Waals surface area contributed by atoms with E-state index in [4.69, 9.17) is 9.15 Å². The molecule has 2 aliphatic rings. The Morgan fingerprint density at radius 2 is 1.88 bits per heavy atom. The molecule has 3 aromatic rings. The van der Waals surface area contributed by atoms with Crippen molar-refractivity contribution in [1.29, 1.82) is 0 Å². The molecule has 1 saturated carbocycles. The van der Waals surface area contributed by atoms with E-state index in [1.807, 2.05) is 4.90 Å². The Labute approximate surface area is 183 Å². The lowest BCUT2D eigenvalue weighted by molar-refractivity contribution is 0.0956. The van der Waals surface area contributed by atoms with Gasteiger partial charge in [0, 0.05) is 30.9 Å². The molecule has 2 fully saturated rings. The van der Waals surface area contributed by atoms with Crippen LogP contribution in [0.25, 0.3) is 11.0 Å². The van der Waals surface area contributed by atoms with Crippen molar-refractivity contribution in [2.45, 2.75) is 36.7 Å². The summed E-state index contributed by atoms with van der Waals surface area (Å²) >= 11 is 0. The minimum atomic E-state index is -4.62.